The molecule has 1 aliphatic rings. The van der Waals surface area contributed by atoms with Gasteiger partial charge in [0.25, 0.3) is 5.91 Å². The number of nitrogens with one attached hydrogen (secondary N) is 1. The fourth-order valence-electron chi connectivity index (χ4n) is 3.31. The minimum absolute atomic E-state index is 0.155. The summed E-state index contributed by atoms with van der Waals surface area (Å²) in [4.78, 5) is 25.5. The number of hydrogen-bond donors (Lipinski definition) is 1. The van der Waals surface area contributed by atoms with Gasteiger partial charge < -0.3 is 14.6 Å². The third kappa shape index (κ3) is 4.25. The number of rotatable bonds is 6. The van der Waals surface area contributed by atoms with E-state index in [1.54, 1.807) is 18.5 Å². The predicted octanol–water partition coefficient (Wildman–Crippen LogP) is 2.16. The van der Waals surface area contributed by atoms with Crippen LogP contribution in [0.4, 0.5) is 5.95 Å². The summed E-state index contributed by atoms with van der Waals surface area (Å²) in [5, 5.41) is 3.89. The number of amides is 1. The van der Waals surface area contributed by atoms with Gasteiger partial charge in [-0.05, 0) is 31.2 Å². The number of aromatic nitrogens is 2. The van der Waals surface area contributed by atoms with Crippen LogP contribution in [0.1, 0.15) is 17.0 Å². The van der Waals surface area contributed by atoms with Crippen molar-refractivity contribution in [2.45, 2.75) is 6.42 Å². The van der Waals surface area contributed by atoms with Crippen LogP contribution in [-0.4, -0.2) is 60.0 Å². The van der Waals surface area contributed by atoms with Gasteiger partial charge in [0.1, 0.15) is 5.58 Å². The molecule has 0 atom stereocenters. The first-order valence-electron chi connectivity index (χ1n) is 9.31. The minimum Gasteiger partial charge on any atom is -0.451 e. The predicted molar refractivity (Wildman–Crippen MR) is 104 cm³/mol. The fraction of sp³-hybridized carbons (Fsp3) is 0.350. The maximum absolute atomic E-state index is 12.2. The van der Waals surface area contributed by atoms with Crippen LogP contribution in [0.2, 0.25) is 0 Å². The summed E-state index contributed by atoms with van der Waals surface area (Å²) in [6.45, 7) is 5.41. The zero-order chi connectivity index (χ0) is 18.5. The maximum Gasteiger partial charge on any atom is 0.287 e. The van der Waals surface area contributed by atoms with E-state index in [-0.39, 0.29) is 5.91 Å². The molecule has 1 fully saturated rings. The molecule has 0 bridgehead atoms. The Labute approximate surface area is 158 Å². The maximum atomic E-state index is 12.2. The summed E-state index contributed by atoms with van der Waals surface area (Å²) < 4.78 is 5.59. The average molecular weight is 365 g/mol. The van der Waals surface area contributed by atoms with Gasteiger partial charge in [-0.1, -0.05) is 18.2 Å². The van der Waals surface area contributed by atoms with Crippen LogP contribution < -0.4 is 10.2 Å². The van der Waals surface area contributed by atoms with Crippen LogP contribution in [0.5, 0.6) is 0 Å². The Bertz CT molecular complexity index is 855. The number of anilines is 1. The molecule has 27 heavy (non-hydrogen) atoms. The third-order valence-corrected chi connectivity index (χ3v) is 4.79. The van der Waals surface area contributed by atoms with Crippen LogP contribution >= 0.6 is 0 Å². The van der Waals surface area contributed by atoms with E-state index in [2.05, 4.69) is 25.1 Å². The van der Waals surface area contributed by atoms with Crippen molar-refractivity contribution in [3.8, 4) is 0 Å². The molecule has 0 saturated carbocycles. The molecular formula is C20H23N5O2. The number of para-hydroxylation sites is 1. The Morgan fingerprint density at radius 2 is 1.85 bits per heavy atom. The van der Waals surface area contributed by atoms with Crippen LogP contribution in [-0.2, 0) is 0 Å². The van der Waals surface area contributed by atoms with E-state index in [0.29, 0.717) is 12.3 Å². The molecular weight excluding hydrogens is 342 g/mol. The smallest absolute Gasteiger partial charge is 0.287 e. The molecule has 2 aromatic heterocycles. The highest BCUT2D eigenvalue weighted by Crippen LogP contribution is 2.18. The lowest BCUT2D eigenvalue weighted by molar-refractivity contribution is 0.0926. The molecule has 1 amide bonds. The van der Waals surface area contributed by atoms with Crippen molar-refractivity contribution in [3.05, 3.63) is 54.6 Å². The van der Waals surface area contributed by atoms with E-state index < -0.39 is 0 Å². The molecule has 4 rings (SSSR count). The van der Waals surface area contributed by atoms with E-state index in [9.17, 15) is 4.79 Å². The van der Waals surface area contributed by atoms with Gasteiger partial charge in [0.2, 0.25) is 5.95 Å². The van der Waals surface area contributed by atoms with E-state index in [1.807, 2.05) is 30.3 Å². The molecule has 1 aromatic carbocycles. The van der Waals surface area contributed by atoms with Crippen molar-refractivity contribution in [1.29, 1.82) is 0 Å². The van der Waals surface area contributed by atoms with Crippen LogP contribution in [0.25, 0.3) is 11.0 Å². The van der Waals surface area contributed by atoms with Gasteiger partial charge in [-0.3, -0.25) is 9.69 Å². The quantitative estimate of drug-likeness (QED) is 0.675. The van der Waals surface area contributed by atoms with Crippen LogP contribution in [0, 0.1) is 0 Å². The first-order chi connectivity index (χ1) is 13.3. The molecule has 0 aliphatic carbocycles. The van der Waals surface area contributed by atoms with E-state index in [1.165, 1.54) is 0 Å². The second kappa shape index (κ2) is 8.18. The SMILES string of the molecule is O=C(NCCCN1CCN(c2ncccn2)CC1)c1cc2ccccc2o1. The van der Waals surface area contributed by atoms with E-state index in [4.69, 9.17) is 4.42 Å². The molecule has 7 nitrogen and oxygen atoms in total. The highest BCUT2D eigenvalue weighted by Gasteiger charge is 2.18. The number of hydrogen-bond acceptors (Lipinski definition) is 6. The summed E-state index contributed by atoms with van der Waals surface area (Å²) in [5.74, 6) is 1.01. The van der Waals surface area contributed by atoms with Gasteiger partial charge in [0, 0.05) is 50.5 Å². The first kappa shape index (κ1) is 17.5. The largest absolute Gasteiger partial charge is 0.451 e. The van der Waals surface area contributed by atoms with E-state index in [0.717, 1.165) is 56.1 Å². The van der Waals surface area contributed by atoms with Crippen molar-refractivity contribution < 1.29 is 9.21 Å². The van der Waals surface area contributed by atoms with Gasteiger partial charge >= 0.3 is 0 Å². The summed E-state index contributed by atoms with van der Waals surface area (Å²) >= 11 is 0. The van der Waals surface area contributed by atoms with Crippen molar-refractivity contribution in [2.24, 2.45) is 0 Å². The first-order valence-corrected chi connectivity index (χ1v) is 9.31. The highest BCUT2D eigenvalue weighted by atomic mass is 16.3. The summed E-state index contributed by atoms with van der Waals surface area (Å²) in [7, 11) is 0. The van der Waals surface area contributed by atoms with Gasteiger partial charge in [-0.15, -0.1) is 0 Å². The lowest BCUT2D eigenvalue weighted by atomic mass is 10.2. The number of nitrogens with zero attached hydrogens (tertiary/aromatic N) is 4. The highest BCUT2D eigenvalue weighted by molar-refractivity contribution is 5.96. The monoisotopic (exact) mass is 365 g/mol. The van der Waals surface area contributed by atoms with Crippen molar-refractivity contribution >= 4 is 22.8 Å². The van der Waals surface area contributed by atoms with Crippen molar-refractivity contribution in [1.82, 2.24) is 20.2 Å². The molecule has 3 aromatic rings. The summed E-state index contributed by atoms with van der Waals surface area (Å²) in [5.41, 5.74) is 0.739. The second-order valence-corrected chi connectivity index (χ2v) is 6.64. The lowest BCUT2D eigenvalue weighted by Gasteiger charge is -2.34. The molecule has 0 unspecified atom stereocenters. The Morgan fingerprint density at radius 3 is 2.63 bits per heavy atom. The van der Waals surface area contributed by atoms with Crippen molar-refractivity contribution in [3.63, 3.8) is 0 Å². The van der Waals surface area contributed by atoms with Gasteiger partial charge in [-0.2, -0.15) is 0 Å². The van der Waals surface area contributed by atoms with Gasteiger partial charge in [0.15, 0.2) is 5.76 Å². The van der Waals surface area contributed by atoms with Gasteiger partial charge in [-0.25, -0.2) is 9.97 Å². The number of benzene rings is 1. The average Bonchev–Trinajstić information content (AvgIpc) is 3.17. The Balaban J connectivity index is 1.18. The normalized spacial score (nSPS) is 15.2. The molecule has 0 radical (unpaired) electrons. The number of fused-ring (bicyclic) bond motifs is 1. The molecule has 140 valence electrons. The van der Waals surface area contributed by atoms with Crippen molar-refractivity contribution in [2.75, 3.05) is 44.2 Å². The second-order valence-electron chi connectivity index (χ2n) is 6.64. The molecule has 1 N–H and O–H groups in total. The topological polar surface area (TPSA) is 74.5 Å². The van der Waals surface area contributed by atoms with Crippen LogP contribution in [0.15, 0.2) is 53.2 Å². The Morgan fingerprint density at radius 1 is 1.07 bits per heavy atom. The Hall–Kier alpha value is -2.93. The minimum atomic E-state index is -0.155. The molecule has 3 heterocycles. The number of carbonyl (C=O) groups is 1. The lowest BCUT2D eigenvalue weighted by Crippen LogP contribution is -2.47. The summed E-state index contributed by atoms with van der Waals surface area (Å²) in [6.07, 6.45) is 4.46. The summed E-state index contributed by atoms with van der Waals surface area (Å²) in [6, 6.07) is 11.3. The third-order valence-electron chi connectivity index (χ3n) is 4.79. The molecule has 0 spiro atoms. The van der Waals surface area contributed by atoms with E-state index >= 15 is 0 Å². The molecule has 1 aliphatic heterocycles. The molecule has 1 saturated heterocycles. The van der Waals surface area contributed by atoms with Crippen LogP contribution in [0.3, 0.4) is 0 Å². The van der Waals surface area contributed by atoms with Gasteiger partial charge in [0.05, 0.1) is 0 Å². The zero-order valence-corrected chi connectivity index (χ0v) is 15.2. The zero-order valence-electron chi connectivity index (χ0n) is 15.2. The fourth-order valence-corrected chi connectivity index (χ4v) is 3.31. The number of piperazine rings is 1. The standard InChI is InChI=1S/C20H23N5O2/c26-19(18-15-16-5-1-2-6-17(16)27-18)21-9-4-10-24-11-13-25(14-12-24)20-22-7-3-8-23-20/h1-3,5-8,15H,4,9-14H2,(H,21,26). The number of furan rings is 1. The molecule has 7 heteroatoms. The number of carbonyl (C=O) groups excluding carboxylic acids is 1. The Kier molecular flexibility index (Phi) is 5.29.